The molecule has 3 amide bonds. The third-order valence-corrected chi connectivity index (χ3v) is 5.28. The van der Waals surface area contributed by atoms with Gasteiger partial charge in [0, 0.05) is 19.2 Å². The van der Waals surface area contributed by atoms with Crippen LogP contribution in [0.1, 0.15) is 16.7 Å². The number of benzene rings is 2. The number of ether oxygens (including phenoxy) is 1. The number of morpholine rings is 1. The number of nitrogens with one attached hydrogen (secondary N) is 1. The molecule has 4 rings (SSSR count). The second kappa shape index (κ2) is 8.57. The van der Waals surface area contributed by atoms with Gasteiger partial charge in [0.25, 0.3) is 11.6 Å². The molecule has 0 bridgehead atoms. The van der Waals surface area contributed by atoms with Gasteiger partial charge >= 0.3 is 6.03 Å². The summed E-state index contributed by atoms with van der Waals surface area (Å²) in [7, 11) is 0. The topological polar surface area (TPSA) is 105 Å². The zero-order valence-electron chi connectivity index (χ0n) is 17.0. The zero-order valence-corrected chi connectivity index (χ0v) is 17.0. The summed E-state index contributed by atoms with van der Waals surface area (Å²) in [6.07, 6.45) is 1.46. The lowest BCUT2D eigenvalue weighted by Gasteiger charge is -2.28. The SMILES string of the molecule is Cc1ccc(CN2C(=O)N/C(=C/c3ccc(N4CCOCC4)c([N+](=O)[O-])c3)C2=O)cc1. The smallest absolute Gasteiger partial charge is 0.329 e. The van der Waals surface area contributed by atoms with Gasteiger partial charge in [-0.25, -0.2) is 4.79 Å². The molecular weight excluding hydrogens is 400 g/mol. The highest BCUT2D eigenvalue weighted by Gasteiger charge is 2.33. The second-order valence-electron chi connectivity index (χ2n) is 7.47. The minimum atomic E-state index is -0.517. The van der Waals surface area contributed by atoms with Crippen molar-refractivity contribution in [3.63, 3.8) is 0 Å². The van der Waals surface area contributed by atoms with Gasteiger partial charge in [-0.1, -0.05) is 35.9 Å². The molecule has 31 heavy (non-hydrogen) atoms. The number of carbonyl (C=O) groups is 2. The fourth-order valence-electron chi connectivity index (χ4n) is 3.61. The average molecular weight is 422 g/mol. The Morgan fingerprint density at radius 1 is 1.13 bits per heavy atom. The molecule has 2 aromatic rings. The quantitative estimate of drug-likeness (QED) is 0.344. The van der Waals surface area contributed by atoms with Crippen molar-refractivity contribution < 1.29 is 19.2 Å². The van der Waals surface area contributed by atoms with Crippen molar-refractivity contribution in [1.29, 1.82) is 0 Å². The van der Waals surface area contributed by atoms with Gasteiger partial charge in [0.1, 0.15) is 11.4 Å². The van der Waals surface area contributed by atoms with Crippen LogP contribution in [0.2, 0.25) is 0 Å². The highest BCUT2D eigenvalue weighted by atomic mass is 16.6. The number of nitro benzene ring substituents is 1. The summed E-state index contributed by atoms with van der Waals surface area (Å²) in [5.41, 5.74) is 2.93. The van der Waals surface area contributed by atoms with E-state index in [1.807, 2.05) is 36.1 Å². The van der Waals surface area contributed by atoms with Gasteiger partial charge in [0.05, 0.1) is 24.7 Å². The number of carbonyl (C=O) groups excluding carboxylic acids is 2. The molecule has 2 fully saturated rings. The van der Waals surface area contributed by atoms with Crippen LogP contribution in [-0.2, 0) is 16.1 Å². The number of rotatable bonds is 5. The lowest BCUT2D eigenvalue weighted by molar-refractivity contribution is -0.384. The number of imide groups is 1. The molecule has 2 heterocycles. The monoisotopic (exact) mass is 422 g/mol. The van der Waals surface area contributed by atoms with Gasteiger partial charge in [-0.2, -0.15) is 0 Å². The molecule has 0 radical (unpaired) electrons. The van der Waals surface area contributed by atoms with Crippen molar-refractivity contribution >= 4 is 29.4 Å². The zero-order chi connectivity index (χ0) is 22.0. The Hall–Kier alpha value is -3.72. The van der Waals surface area contributed by atoms with Crippen LogP contribution in [0.5, 0.6) is 0 Å². The van der Waals surface area contributed by atoms with Crippen molar-refractivity contribution in [3.05, 3.63) is 75.0 Å². The Morgan fingerprint density at radius 2 is 1.84 bits per heavy atom. The maximum Gasteiger partial charge on any atom is 0.329 e. The Morgan fingerprint density at radius 3 is 2.52 bits per heavy atom. The number of nitro groups is 1. The van der Waals surface area contributed by atoms with E-state index in [9.17, 15) is 19.7 Å². The first kappa shape index (κ1) is 20.5. The molecule has 9 heteroatoms. The molecule has 2 aliphatic heterocycles. The Balaban J connectivity index is 1.57. The first-order valence-electron chi connectivity index (χ1n) is 9.93. The molecule has 1 N–H and O–H groups in total. The number of amides is 3. The van der Waals surface area contributed by atoms with Gasteiger partial charge in [0.2, 0.25) is 0 Å². The van der Waals surface area contributed by atoms with Crippen molar-refractivity contribution in [3.8, 4) is 0 Å². The van der Waals surface area contributed by atoms with E-state index in [4.69, 9.17) is 4.74 Å². The Kier molecular flexibility index (Phi) is 5.68. The highest BCUT2D eigenvalue weighted by Crippen LogP contribution is 2.31. The molecule has 0 atom stereocenters. The first-order chi connectivity index (χ1) is 14.9. The van der Waals surface area contributed by atoms with E-state index in [0.717, 1.165) is 16.0 Å². The standard InChI is InChI=1S/C22H22N4O5/c1-15-2-4-16(5-3-15)14-25-21(27)18(23-22(25)28)12-17-6-7-19(20(13-17)26(29)30)24-8-10-31-11-9-24/h2-7,12-13H,8-11,14H2,1H3,(H,23,28)/b18-12+. The van der Waals surface area contributed by atoms with Gasteiger partial charge < -0.3 is 15.0 Å². The van der Waals surface area contributed by atoms with Gasteiger partial charge in [-0.3, -0.25) is 19.8 Å². The molecule has 160 valence electrons. The fourth-order valence-corrected chi connectivity index (χ4v) is 3.61. The molecule has 2 saturated heterocycles. The second-order valence-corrected chi connectivity index (χ2v) is 7.47. The summed E-state index contributed by atoms with van der Waals surface area (Å²) in [4.78, 5) is 39.3. The van der Waals surface area contributed by atoms with Crippen LogP contribution < -0.4 is 10.2 Å². The number of aryl methyl sites for hydroxylation is 1. The summed E-state index contributed by atoms with van der Waals surface area (Å²) >= 11 is 0. The van der Waals surface area contributed by atoms with Crippen LogP contribution in [-0.4, -0.2) is 48.1 Å². The number of hydrogen-bond acceptors (Lipinski definition) is 6. The average Bonchev–Trinajstić information content (AvgIpc) is 3.03. The summed E-state index contributed by atoms with van der Waals surface area (Å²) in [6.45, 7) is 4.29. The summed E-state index contributed by atoms with van der Waals surface area (Å²) in [5.74, 6) is -0.467. The van der Waals surface area contributed by atoms with Crippen LogP contribution in [0.15, 0.2) is 48.2 Å². The van der Waals surface area contributed by atoms with E-state index in [0.29, 0.717) is 37.6 Å². The lowest BCUT2D eigenvalue weighted by Crippen LogP contribution is -2.36. The van der Waals surface area contributed by atoms with Gasteiger partial charge in [-0.15, -0.1) is 0 Å². The molecule has 0 aliphatic carbocycles. The molecule has 2 aliphatic rings. The minimum Gasteiger partial charge on any atom is -0.378 e. The van der Waals surface area contributed by atoms with E-state index in [1.54, 1.807) is 12.1 Å². The summed E-state index contributed by atoms with van der Waals surface area (Å²) in [6, 6.07) is 11.8. The molecule has 2 aromatic carbocycles. The maximum atomic E-state index is 12.7. The predicted molar refractivity (Wildman–Crippen MR) is 114 cm³/mol. The normalized spacial score (nSPS) is 17.9. The molecule has 0 unspecified atom stereocenters. The van der Waals surface area contributed by atoms with Gasteiger partial charge in [0.15, 0.2) is 0 Å². The van der Waals surface area contributed by atoms with E-state index in [2.05, 4.69) is 5.32 Å². The van der Waals surface area contributed by atoms with Crippen LogP contribution in [0, 0.1) is 17.0 Å². The Bertz CT molecular complexity index is 1060. The van der Waals surface area contributed by atoms with E-state index < -0.39 is 16.9 Å². The van der Waals surface area contributed by atoms with Crippen molar-refractivity contribution in [2.24, 2.45) is 0 Å². The molecule has 0 spiro atoms. The van der Waals surface area contributed by atoms with E-state index >= 15 is 0 Å². The van der Waals surface area contributed by atoms with Crippen molar-refractivity contribution in [1.82, 2.24) is 10.2 Å². The van der Waals surface area contributed by atoms with Crippen LogP contribution in [0.3, 0.4) is 0 Å². The highest BCUT2D eigenvalue weighted by molar-refractivity contribution is 6.13. The van der Waals surface area contributed by atoms with Crippen LogP contribution in [0.25, 0.3) is 6.08 Å². The fraction of sp³-hybridized carbons (Fsp3) is 0.273. The van der Waals surface area contributed by atoms with Gasteiger partial charge in [-0.05, 0) is 30.2 Å². The number of hydrogen-bond donors (Lipinski definition) is 1. The molecule has 9 nitrogen and oxygen atoms in total. The summed E-state index contributed by atoms with van der Waals surface area (Å²) < 4.78 is 5.31. The molecule has 0 aromatic heterocycles. The van der Waals surface area contributed by atoms with Crippen molar-refractivity contribution in [2.45, 2.75) is 13.5 Å². The Labute approximate surface area is 179 Å². The number of urea groups is 1. The number of nitrogens with zero attached hydrogens (tertiary/aromatic N) is 3. The van der Waals surface area contributed by atoms with Crippen LogP contribution >= 0.6 is 0 Å². The minimum absolute atomic E-state index is 0.0514. The van der Waals surface area contributed by atoms with Crippen molar-refractivity contribution in [2.75, 3.05) is 31.2 Å². The van der Waals surface area contributed by atoms with E-state index in [-0.39, 0.29) is 17.9 Å². The lowest BCUT2D eigenvalue weighted by atomic mass is 10.1. The molecular formula is C22H22N4O5. The van der Waals surface area contributed by atoms with E-state index in [1.165, 1.54) is 12.1 Å². The van der Waals surface area contributed by atoms with Crippen LogP contribution in [0.4, 0.5) is 16.2 Å². The maximum absolute atomic E-state index is 12.7. The largest absolute Gasteiger partial charge is 0.378 e. The molecule has 0 saturated carbocycles. The third kappa shape index (κ3) is 4.41. The predicted octanol–water partition coefficient (Wildman–Crippen LogP) is 2.83. The third-order valence-electron chi connectivity index (χ3n) is 5.28. The number of anilines is 1. The summed E-state index contributed by atoms with van der Waals surface area (Å²) in [5, 5.41) is 14.2. The first-order valence-corrected chi connectivity index (χ1v) is 9.93.